The molecule has 3 aromatic heterocycles. The summed E-state index contributed by atoms with van der Waals surface area (Å²) in [5, 5.41) is 9.53. The number of rotatable bonds is 8. The van der Waals surface area contributed by atoms with Crippen molar-refractivity contribution in [1.82, 2.24) is 20.1 Å². The Kier molecular flexibility index (Phi) is 8.32. The molecule has 9 nitrogen and oxygen atoms in total. The second kappa shape index (κ2) is 12.2. The SMILES string of the molecule is COc1cc(C(=O)NCC(c2cc3c(c(-c4csc5c(F)cccc45)n2)OCC3C)C2(F)CC2)cc2cn(C(F)F)nc12.NC=O. The maximum Gasteiger partial charge on any atom is 0.333 e. The summed E-state index contributed by atoms with van der Waals surface area (Å²) in [5.41, 5.74) is 5.58. The Morgan fingerprint density at radius 3 is 2.76 bits per heavy atom. The van der Waals surface area contributed by atoms with E-state index >= 15 is 4.39 Å². The van der Waals surface area contributed by atoms with Gasteiger partial charge in [-0.3, -0.25) is 9.59 Å². The molecule has 0 bridgehead atoms. The predicted molar refractivity (Wildman–Crippen MR) is 165 cm³/mol. The van der Waals surface area contributed by atoms with Gasteiger partial charge >= 0.3 is 6.55 Å². The van der Waals surface area contributed by atoms with Crippen LogP contribution in [0.25, 0.3) is 32.2 Å². The second-order valence-corrected chi connectivity index (χ2v) is 12.1. The summed E-state index contributed by atoms with van der Waals surface area (Å²) < 4.78 is 69.3. The highest BCUT2D eigenvalue weighted by Gasteiger charge is 2.52. The summed E-state index contributed by atoms with van der Waals surface area (Å²) >= 11 is 1.27. The number of nitrogens with zero attached hydrogens (tertiary/aromatic N) is 3. The van der Waals surface area contributed by atoms with Gasteiger partial charge in [0.15, 0.2) is 0 Å². The summed E-state index contributed by atoms with van der Waals surface area (Å²) in [6.07, 6.45) is 2.04. The number of benzene rings is 2. The number of halogens is 4. The van der Waals surface area contributed by atoms with Crippen molar-refractivity contribution in [2.24, 2.45) is 5.73 Å². The van der Waals surface area contributed by atoms with Crippen LogP contribution < -0.4 is 20.5 Å². The van der Waals surface area contributed by atoms with E-state index in [0.29, 0.717) is 62.3 Å². The third kappa shape index (κ3) is 5.61. The molecule has 2 aromatic carbocycles. The monoisotopic (exact) mass is 655 g/mol. The van der Waals surface area contributed by atoms with Gasteiger partial charge < -0.3 is 20.5 Å². The van der Waals surface area contributed by atoms with E-state index in [1.807, 2.05) is 24.4 Å². The van der Waals surface area contributed by atoms with Crippen LogP contribution in [0.4, 0.5) is 17.6 Å². The normalized spacial score (nSPS) is 16.8. The largest absolute Gasteiger partial charge is 0.494 e. The molecule has 1 aliphatic heterocycles. The average Bonchev–Trinajstić information content (AvgIpc) is 3.37. The van der Waals surface area contributed by atoms with Gasteiger partial charge in [-0.15, -0.1) is 11.3 Å². The Morgan fingerprint density at radius 1 is 1.30 bits per heavy atom. The van der Waals surface area contributed by atoms with Crippen molar-refractivity contribution in [3.05, 3.63) is 70.6 Å². The fourth-order valence-corrected chi connectivity index (χ4v) is 6.74. The molecule has 2 unspecified atom stereocenters. The van der Waals surface area contributed by atoms with Crippen LogP contribution in [0, 0.1) is 5.82 Å². The number of carbonyl (C=O) groups is 2. The number of ether oxygens (including phenoxy) is 2. The molecule has 1 fully saturated rings. The molecule has 0 saturated heterocycles. The molecule has 240 valence electrons. The minimum absolute atomic E-state index is 0.0375. The number of methoxy groups -OCH3 is 1. The van der Waals surface area contributed by atoms with Crippen molar-refractivity contribution in [2.75, 3.05) is 20.3 Å². The van der Waals surface area contributed by atoms with Gasteiger partial charge in [-0.05, 0) is 37.1 Å². The predicted octanol–water partition coefficient (Wildman–Crippen LogP) is 6.47. The number of nitrogens with one attached hydrogen (secondary N) is 1. The van der Waals surface area contributed by atoms with Gasteiger partial charge in [0.25, 0.3) is 5.91 Å². The lowest BCUT2D eigenvalue weighted by Gasteiger charge is -2.23. The van der Waals surface area contributed by atoms with Crippen LogP contribution in [0.3, 0.4) is 0 Å². The summed E-state index contributed by atoms with van der Waals surface area (Å²) in [4.78, 5) is 26.8. The zero-order valence-electron chi connectivity index (χ0n) is 24.7. The van der Waals surface area contributed by atoms with Gasteiger partial charge in [0.05, 0.1) is 24.3 Å². The maximum absolute atomic E-state index is 16.0. The van der Waals surface area contributed by atoms with Gasteiger partial charge in [0.1, 0.15) is 34.2 Å². The highest BCUT2D eigenvalue weighted by atomic mass is 32.1. The number of nitrogens with two attached hydrogens (primary N) is 1. The van der Waals surface area contributed by atoms with E-state index in [-0.39, 0.29) is 41.5 Å². The van der Waals surface area contributed by atoms with Crippen molar-refractivity contribution >= 4 is 44.6 Å². The van der Waals surface area contributed by atoms with E-state index in [1.165, 1.54) is 36.6 Å². The number of hydrogen-bond acceptors (Lipinski definition) is 7. The first-order valence-electron chi connectivity index (χ1n) is 14.4. The van der Waals surface area contributed by atoms with E-state index in [0.717, 1.165) is 11.8 Å². The highest BCUT2D eigenvalue weighted by molar-refractivity contribution is 7.17. The van der Waals surface area contributed by atoms with E-state index in [1.54, 1.807) is 6.07 Å². The van der Waals surface area contributed by atoms with Crippen molar-refractivity contribution in [2.45, 2.75) is 43.8 Å². The minimum Gasteiger partial charge on any atom is -0.494 e. The molecule has 2 amide bonds. The third-order valence-electron chi connectivity index (χ3n) is 8.29. The molecular weight excluding hydrogens is 626 g/mol. The first-order chi connectivity index (χ1) is 22.1. The molecule has 7 rings (SSSR count). The molecule has 14 heteroatoms. The Labute approximate surface area is 264 Å². The van der Waals surface area contributed by atoms with Crippen molar-refractivity contribution in [1.29, 1.82) is 0 Å². The molecule has 3 N–H and O–H groups in total. The maximum atomic E-state index is 16.0. The zero-order chi connectivity index (χ0) is 32.7. The molecule has 4 heterocycles. The van der Waals surface area contributed by atoms with Crippen LogP contribution in [0.15, 0.2) is 48.0 Å². The number of fused-ring (bicyclic) bond motifs is 3. The highest BCUT2D eigenvalue weighted by Crippen LogP contribution is 2.52. The molecule has 46 heavy (non-hydrogen) atoms. The van der Waals surface area contributed by atoms with Gasteiger partial charge in [-0.1, -0.05) is 19.1 Å². The first-order valence-corrected chi connectivity index (χ1v) is 15.3. The Hall–Kier alpha value is -4.72. The van der Waals surface area contributed by atoms with E-state index < -0.39 is 24.0 Å². The molecule has 2 aliphatic rings. The number of primary amides is 1. The van der Waals surface area contributed by atoms with Crippen LogP contribution in [-0.2, 0) is 4.79 Å². The van der Waals surface area contributed by atoms with Crippen LogP contribution >= 0.6 is 11.3 Å². The summed E-state index contributed by atoms with van der Waals surface area (Å²) in [5.74, 6) is -0.791. The topological polar surface area (TPSA) is 121 Å². The number of amides is 2. The van der Waals surface area contributed by atoms with E-state index in [4.69, 9.17) is 19.3 Å². The smallest absolute Gasteiger partial charge is 0.333 e. The summed E-state index contributed by atoms with van der Waals surface area (Å²) in [6.45, 7) is -0.438. The fourth-order valence-electron chi connectivity index (χ4n) is 5.78. The van der Waals surface area contributed by atoms with Gasteiger partial charge in [-0.2, -0.15) is 13.9 Å². The van der Waals surface area contributed by atoms with Gasteiger partial charge in [0.2, 0.25) is 6.41 Å². The lowest BCUT2D eigenvalue weighted by Crippen LogP contribution is -2.33. The lowest BCUT2D eigenvalue weighted by atomic mass is 9.92. The number of thiophene rings is 1. The van der Waals surface area contributed by atoms with Gasteiger partial charge in [-0.25, -0.2) is 18.4 Å². The van der Waals surface area contributed by atoms with Crippen molar-refractivity contribution in [3.63, 3.8) is 0 Å². The van der Waals surface area contributed by atoms with Gasteiger partial charge in [0, 0.05) is 57.2 Å². The summed E-state index contributed by atoms with van der Waals surface area (Å²) in [6, 6.07) is 9.60. The van der Waals surface area contributed by atoms with E-state index in [2.05, 4.69) is 16.1 Å². The Balaban J connectivity index is 0.00000119. The number of alkyl halides is 3. The fraction of sp³-hybridized carbons (Fsp3) is 0.312. The van der Waals surface area contributed by atoms with Crippen LogP contribution in [0.1, 0.15) is 59.8 Å². The van der Waals surface area contributed by atoms with Crippen molar-refractivity contribution in [3.8, 4) is 22.8 Å². The van der Waals surface area contributed by atoms with Crippen LogP contribution in [0.5, 0.6) is 11.5 Å². The Morgan fingerprint density at radius 2 is 2.07 bits per heavy atom. The number of pyridine rings is 1. The number of aromatic nitrogens is 3. The third-order valence-corrected chi connectivity index (χ3v) is 9.29. The number of carbonyl (C=O) groups excluding carboxylic acids is 2. The molecule has 1 saturated carbocycles. The first kappa shape index (κ1) is 31.3. The number of hydrogen-bond donors (Lipinski definition) is 2. The quantitative estimate of drug-likeness (QED) is 0.146. The van der Waals surface area contributed by atoms with Crippen molar-refractivity contribution < 1.29 is 36.6 Å². The average molecular weight is 656 g/mol. The molecule has 5 aromatic rings. The lowest BCUT2D eigenvalue weighted by molar-refractivity contribution is -0.106. The standard InChI is InChI=1S/C31H26F4N4O3S.CH3NO/c1-15-13-42-27-19(15)10-23(37-26(27)20-14-43-28-18(20)4-3-5-22(28)32)21(31(35)6-7-31)11-36-29(40)16-8-17-12-39(30(33)34)38-25(17)24(9-16)41-2;2-1-3/h3-5,8-10,12,14-15,21,30H,6-7,11,13H2,1-2H3,(H,36,40);1H,(H2,2,3). The molecule has 1 aliphatic carbocycles. The molecular formula is C32H29F4N5O4S. The Bertz CT molecular complexity index is 1960. The molecule has 0 radical (unpaired) electrons. The molecule has 2 atom stereocenters. The van der Waals surface area contributed by atoms with E-state index in [9.17, 15) is 18.0 Å². The van der Waals surface area contributed by atoms with Crippen LogP contribution in [-0.4, -0.2) is 53.0 Å². The minimum atomic E-state index is -2.85. The molecule has 0 spiro atoms. The van der Waals surface area contributed by atoms with Crippen LogP contribution in [0.2, 0.25) is 0 Å². The zero-order valence-corrected chi connectivity index (χ0v) is 25.5. The summed E-state index contributed by atoms with van der Waals surface area (Å²) in [7, 11) is 1.36. The second-order valence-electron chi connectivity index (χ2n) is 11.2.